The summed E-state index contributed by atoms with van der Waals surface area (Å²) in [5, 5.41) is 2.50. The average molecular weight is 264 g/mol. The maximum atomic E-state index is 12.0. The lowest BCUT2D eigenvalue weighted by Gasteiger charge is -2.29. The highest BCUT2D eigenvalue weighted by atomic mass is 19.4. The Morgan fingerprint density at radius 1 is 1.06 bits per heavy atom. The molecule has 2 nitrogen and oxygen atoms in total. The topological polar surface area (TPSA) is 15.3 Å². The minimum atomic E-state index is -4.09. The molecule has 1 aliphatic heterocycles. The van der Waals surface area contributed by atoms with Gasteiger partial charge in [0.2, 0.25) is 0 Å². The van der Waals surface area contributed by atoms with Crippen LogP contribution in [0.1, 0.15) is 38.5 Å². The van der Waals surface area contributed by atoms with E-state index < -0.39 is 12.7 Å². The molecule has 1 N–H and O–H groups in total. The van der Waals surface area contributed by atoms with Gasteiger partial charge in [0.05, 0.1) is 6.54 Å². The van der Waals surface area contributed by atoms with Crippen molar-refractivity contribution in [3.8, 4) is 0 Å². The molecular formula is C13H23F3N2. The van der Waals surface area contributed by atoms with Gasteiger partial charge >= 0.3 is 6.18 Å². The second-order valence-electron chi connectivity index (χ2n) is 5.58. The second kappa shape index (κ2) is 6.24. The SMILES string of the molecule is FC(F)(F)CNCCN1CCCC1C1CCCC1. The Bertz CT molecular complexity index is 249. The third kappa shape index (κ3) is 4.12. The summed E-state index contributed by atoms with van der Waals surface area (Å²) in [5.74, 6) is 0.801. The fourth-order valence-electron chi connectivity index (χ4n) is 3.46. The van der Waals surface area contributed by atoms with Crippen molar-refractivity contribution < 1.29 is 13.2 Å². The highest BCUT2D eigenvalue weighted by molar-refractivity contribution is 4.87. The monoisotopic (exact) mass is 264 g/mol. The summed E-state index contributed by atoms with van der Waals surface area (Å²) in [6.07, 6.45) is 3.66. The number of rotatable bonds is 5. The normalized spacial score (nSPS) is 27.2. The zero-order valence-electron chi connectivity index (χ0n) is 10.8. The first-order valence-corrected chi connectivity index (χ1v) is 7.08. The average Bonchev–Trinajstić information content (AvgIpc) is 2.93. The molecular weight excluding hydrogens is 241 g/mol. The zero-order valence-corrected chi connectivity index (χ0v) is 10.8. The predicted octanol–water partition coefficient (Wildman–Crippen LogP) is 2.79. The van der Waals surface area contributed by atoms with Crippen LogP contribution in [0.2, 0.25) is 0 Å². The number of hydrogen-bond acceptors (Lipinski definition) is 2. The van der Waals surface area contributed by atoms with Crippen molar-refractivity contribution in [3.05, 3.63) is 0 Å². The van der Waals surface area contributed by atoms with Crippen molar-refractivity contribution in [2.24, 2.45) is 5.92 Å². The minimum absolute atomic E-state index is 0.447. The van der Waals surface area contributed by atoms with Crippen molar-refractivity contribution in [2.45, 2.75) is 50.7 Å². The van der Waals surface area contributed by atoms with E-state index in [1.165, 1.54) is 38.5 Å². The number of hydrogen-bond donors (Lipinski definition) is 1. The van der Waals surface area contributed by atoms with Crippen molar-refractivity contribution >= 4 is 0 Å². The molecule has 5 heteroatoms. The van der Waals surface area contributed by atoms with Gasteiger partial charge in [-0.2, -0.15) is 13.2 Å². The van der Waals surface area contributed by atoms with Gasteiger partial charge in [-0.3, -0.25) is 4.90 Å². The van der Waals surface area contributed by atoms with Gasteiger partial charge < -0.3 is 5.32 Å². The smallest absolute Gasteiger partial charge is 0.307 e. The molecule has 0 aromatic heterocycles. The third-order valence-corrected chi connectivity index (χ3v) is 4.26. The van der Waals surface area contributed by atoms with Crippen molar-refractivity contribution in [1.29, 1.82) is 0 Å². The maximum Gasteiger partial charge on any atom is 0.401 e. The first-order valence-electron chi connectivity index (χ1n) is 7.08. The molecule has 1 aliphatic carbocycles. The molecule has 106 valence electrons. The quantitative estimate of drug-likeness (QED) is 0.768. The van der Waals surface area contributed by atoms with Gasteiger partial charge in [-0.25, -0.2) is 0 Å². The van der Waals surface area contributed by atoms with Crippen LogP contribution in [0.25, 0.3) is 0 Å². The molecule has 1 saturated heterocycles. The van der Waals surface area contributed by atoms with E-state index in [0.29, 0.717) is 12.6 Å². The van der Waals surface area contributed by atoms with Crippen LogP contribution in [0.3, 0.4) is 0 Å². The lowest BCUT2D eigenvalue weighted by atomic mass is 9.96. The van der Waals surface area contributed by atoms with E-state index in [9.17, 15) is 13.2 Å². The summed E-state index contributed by atoms with van der Waals surface area (Å²) in [5.41, 5.74) is 0. The summed E-state index contributed by atoms with van der Waals surface area (Å²) in [7, 11) is 0. The summed E-state index contributed by atoms with van der Waals surface area (Å²) in [4.78, 5) is 2.40. The highest BCUT2D eigenvalue weighted by Crippen LogP contribution is 2.35. The summed E-state index contributed by atoms with van der Waals surface area (Å²) in [6, 6.07) is 0.639. The Labute approximate surface area is 107 Å². The molecule has 0 aromatic rings. The van der Waals surface area contributed by atoms with E-state index >= 15 is 0 Å². The standard InChI is InChI=1S/C13H23F3N2/c14-13(15,16)10-17-7-9-18-8-3-6-12(18)11-4-1-2-5-11/h11-12,17H,1-10H2. The lowest BCUT2D eigenvalue weighted by Crippen LogP contribution is -2.40. The molecule has 0 aromatic carbocycles. The van der Waals surface area contributed by atoms with Crippen LogP contribution in [0.15, 0.2) is 0 Å². The van der Waals surface area contributed by atoms with E-state index in [-0.39, 0.29) is 0 Å². The van der Waals surface area contributed by atoms with Crippen molar-refractivity contribution in [3.63, 3.8) is 0 Å². The first-order chi connectivity index (χ1) is 8.56. The third-order valence-electron chi connectivity index (χ3n) is 4.26. The summed E-state index contributed by atoms with van der Waals surface area (Å²) in [6.45, 7) is 1.41. The molecule has 0 radical (unpaired) electrons. The Balaban J connectivity index is 1.68. The van der Waals surface area contributed by atoms with Gasteiger partial charge in [-0.1, -0.05) is 12.8 Å². The zero-order chi connectivity index (χ0) is 13.0. The largest absolute Gasteiger partial charge is 0.401 e. The van der Waals surface area contributed by atoms with E-state index in [1.54, 1.807) is 0 Å². The van der Waals surface area contributed by atoms with Gasteiger partial charge in [0.25, 0.3) is 0 Å². The predicted molar refractivity (Wildman–Crippen MR) is 65.5 cm³/mol. The Hall–Kier alpha value is -0.290. The molecule has 18 heavy (non-hydrogen) atoms. The van der Waals surface area contributed by atoms with Crippen molar-refractivity contribution in [1.82, 2.24) is 10.2 Å². The first kappa shape index (κ1) is 14.1. The molecule has 2 fully saturated rings. The van der Waals surface area contributed by atoms with Crippen LogP contribution in [-0.2, 0) is 0 Å². The molecule has 2 rings (SSSR count). The van der Waals surface area contributed by atoms with E-state index in [0.717, 1.165) is 19.0 Å². The van der Waals surface area contributed by atoms with Gasteiger partial charge in [0, 0.05) is 19.1 Å². The van der Waals surface area contributed by atoms with Crippen LogP contribution in [0, 0.1) is 5.92 Å². The molecule has 1 heterocycles. The molecule has 0 bridgehead atoms. The van der Waals surface area contributed by atoms with Crippen molar-refractivity contribution in [2.75, 3.05) is 26.2 Å². The van der Waals surface area contributed by atoms with Crippen LogP contribution in [0.4, 0.5) is 13.2 Å². The van der Waals surface area contributed by atoms with Crippen LogP contribution >= 0.6 is 0 Å². The number of halogens is 3. The fourth-order valence-corrected chi connectivity index (χ4v) is 3.46. The molecule has 1 saturated carbocycles. The fraction of sp³-hybridized carbons (Fsp3) is 1.00. The van der Waals surface area contributed by atoms with Gasteiger partial charge in [0.1, 0.15) is 0 Å². The molecule has 2 aliphatic rings. The van der Waals surface area contributed by atoms with E-state index in [4.69, 9.17) is 0 Å². The maximum absolute atomic E-state index is 12.0. The minimum Gasteiger partial charge on any atom is -0.307 e. The molecule has 0 spiro atoms. The second-order valence-corrected chi connectivity index (χ2v) is 5.58. The summed E-state index contributed by atoms with van der Waals surface area (Å²) < 4.78 is 36.0. The van der Waals surface area contributed by atoms with Crippen LogP contribution in [0.5, 0.6) is 0 Å². The van der Waals surface area contributed by atoms with Gasteiger partial charge in [-0.15, -0.1) is 0 Å². The van der Waals surface area contributed by atoms with Gasteiger partial charge in [-0.05, 0) is 38.1 Å². The molecule has 1 atom stereocenters. The molecule has 0 amide bonds. The Morgan fingerprint density at radius 3 is 2.44 bits per heavy atom. The number of likely N-dealkylation sites (tertiary alicyclic amines) is 1. The lowest BCUT2D eigenvalue weighted by molar-refractivity contribution is -0.124. The molecule has 1 unspecified atom stereocenters. The number of nitrogens with zero attached hydrogens (tertiary/aromatic N) is 1. The number of alkyl halides is 3. The van der Waals surface area contributed by atoms with Crippen LogP contribution < -0.4 is 5.32 Å². The Morgan fingerprint density at radius 2 is 1.78 bits per heavy atom. The highest BCUT2D eigenvalue weighted by Gasteiger charge is 2.33. The van der Waals surface area contributed by atoms with E-state index in [1.807, 2.05) is 0 Å². The number of nitrogens with one attached hydrogen (secondary N) is 1. The van der Waals surface area contributed by atoms with Gasteiger partial charge in [0.15, 0.2) is 0 Å². The van der Waals surface area contributed by atoms with Crippen LogP contribution in [-0.4, -0.2) is 43.3 Å². The summed E-state index contributed by atoms with van der Waals surface area (Å²) >= 11 is 0. The van der Waals surface area contributed by atoms with E-state index in [2.05, 4.69) is 10.2 Å². The Kier molecular flexibility index (Phi) is 4.90.